The summed E-state index contributed by atoms with van der Waals surface area (Å²) in [5.74, 6) is 2.44. The first-order chi connectivity index (χ1) is 7.90. The van der Waals surface area contributed by atoms with Crippen molar-refractivity contribution in [2.45, 2.75) is 43.9 Å². The SMILES string of the molecule is CCCNC(Cc1ccco1)C1CCCS1. The topological polar surface area (TPSA) is 25.2 Å². The minimum atomic E-state index is 0.582. The van der Waals surface area contributed by atoms with E-state index in [1.165, 1.54) is 25.0 Å². The molecule has 1 aromatic rings. The van der Waals surface area contributed by atoms with Crippen molar-refractivity contribution >= 4 is 11.8 Å². The average molecular weight is 239 g/mol. The molecule has 2 nitrogen and oxygen atoms in total. The van der Waals surface area contributed by atoms with Crippen molar-refractivity contribution in [3.05, 3.63) is 24.2 Å². The molecule has 0 aliphatic carbocycles. The predicted molar refractivity (Wildman–Crippen MR) is 70.0 cm³/mol. The van der Waals surface area contributed by atoms with E-state index in [4.69, 9.17) is 4.42 Å². The van der Waals surface area contributed by atoms with Gasteiger partial charge in [0.1, 0.15) is 5.76 Å². The lowest BCUT2D eigenvalue weighted by molar-refractivity contribution is 0.427. The van der Waals surface area contributed by atoms with Crippen LogP contribution in [0, 0.1) is 0 Å². The Kier molecular flexibility index (Phi) is 4.79. The highest BCUT2D eigenvalue weighted by Gasteiger charge is 2.25. The number of hydrogen-bond donors (Lipinski definition) is 1. The van der Waals surface area contributed by atoms with Gasteiger partial charge in [-0.05, 0) is 43.7 Å². The van der Waals surface area contributed by atoms with Gasteiger partial charge in [-0.15, -0.1) is 0 Å². The highest BCUT2D eigenvalue weighted by Crippen LogP contribution is 2.30. The Balaban J connectivity index is 1.90. The van der Waals surface area contributed by atoms with Gasteiger partial charge in [-0.25, -0.2) is 0 Å². The first-order valence-electron chi connectivity index (χ1n) is 6.27. The van der Waals surface area contributed by atoms with Gasteiger partial charge in [-0.3, -0.25) is 0 Å². The van der Waals surface area contributed by atoms with E-state index < -0.39 is 0 Å². The number of rotatable bonds is 6. The Morgan fingerprint density at radius 2 is 2.56 bits per heavy atom. The fraction of sp³-hybridized carbons (Fsp3) is 0.692. The molecule has 2 rings (SSSR count). The van der Waals surface area contributed by atoms with Gasteiger partial charge in [-0.2, -0.15) is 11.8 Å². The molecule has 2 heterocycles. The van der Waals surface area contributed by atoms with Gasteiger partial charge < -0.3 is 9.73 Å². The molecule has 1 N–H and O–H groups in total. The van der Waals surface area contributed by atoms with Crippen LogP contribution in [-0.4, -0.2) is 23.6 Å². The molecule has 2 unspecified atom stereocenters. The lowest BCUT2D eigenvalue weighted by Gasteiger charge is -2.23. The van der Waals surface area contributed by atoms with Crippen LogP contribution < -0.4 is 5.32 Å². The molecule has 0 radical (unpaired) electrons. The zero-order valence-electron chi connectivity index (χ0n) is 9.95. The molecular formula is C13H21NOS. The molecule has 1 fully saturated rings. The Morgan fingerprint density at radius 3 is 3.19 bits per heavy atom. The van der Waals surface area contributed by atoms with Gasteiger partial charge in [0.25, 0.3) is 0 Å². The molecule has 1 aliphatic heterocycles. The van der Waals surface area contributed by atoms with E-state index in [2.05, 4.69) is 30.1 Å². The monoisotopic (exact) mass is 239 g/mol. The molecule has 1 aromatic heterocycles. The zero-order chi connectivity index (χ0) is 11.2. The Labute approximate surface area is 102 Å². The maximum absolute atomic E-state index is 5.45. The molecule has 16 heavy (non-hydrogen) atoms. The standard InChI is InChI=1S/C13H21NOS/c1-2-7-14-12(13-6-4-9-16-13)10-11-5-3-8-15-11/h3,5,8,12-14H,2,4,6-7,9-10H2,1H3. The second kappa shape index (κ2) is 6.36. The summed E-state index contributed by atoms with van der Waals surface area (Å²) < 4.78 is 5.45. The molecule has 1 saturated heterocycles. The molecule has 90 valence electrons. The molecule has 3 heteroatoms. The van der Waals surface area contributed by atoms with Crippen molar-refractivity contribution in [1.29, 1.82) is 0 Å². The maximum atomic E-state index is 5.45. The lowest BCUT2D eigenvalue weighted by atomic mass is 10.0. The van der Waals surface area contributed by atoms with Gasteiger partial charge in [0.2, 0.25) is 0 Å². The van der Waals surface area contributed by atoms with Crippen LogP contribution in [0.1, 0.15) is 31.9 Å². The molecule has 1 aliphatic rings. The minimum absolute atomic E-state index is 0.582. The van der Waals surface area contributed by atoms with Gasteiger partial charge in [-0.1, -0.05) is 6.92 Å². The normalized spacial score (nSPS) is 22.4. The number of furan rings is 1. The van der Waals surface area contributed by atoms with E-state index in [0.29, 0.717) is 6.04 Å². The van der Waals surface area contributed by atoms with E-state index >= 15 is 0 Å². The first-order valence-corrected chi connectivity index (χ1v) is 7.32. The van der Waals surface area contributed by atoms with Crippen molar-refractivity contribution in [2.24, 2.45) is 0 Å². The van der Waals surface area contributed by atoms with Crippen LogP contribution in [0.25, 0.3) is 0 Å². The van der Waals surface area contributed by atoms with Crippen molar-refractivity contribution in [2.75, 3.05) is 12.3 Å². The summed E-state index contributed by atoms with van der Waals surface area (Å²) in [4.78, 5) is 0. The number of thioether (sulfide) groups is 1. The number of hydrogen-bond acceptors (Lipinski definition) is 3. The van der Waals surface area contributed by atoms with Crippen LogP contribution in [0.5, 0.6) is 0 Å². The van der Waals surface area contributed by atoms with Crippen LogP contribution >= 0.6 is 11.8 Å². The molecule has 0 saturated carbocycles. The number of nitrogens with one attached hydrogen (secondary N) is 1. The van der Waals surface area contributed by atoms with Crippen molar-refractivity contribution in [1.82, 2.24) is 5.32 Å². The van der Waals surface area contributed by atoms with E-state index in [9.17, 15) is 0 Å². The zero-order valence-corrected chi connectivity index (χ0v) is 10.8. The fourth-order valence-electron chi connectivity index (χ4n) is 2.23. The molecular weight excluding hydrogens is 218 g/mol. The molecule has 2 atom stereocenters. The van der Waals surface area contributed by atoms with Crippen LogP contribution in [0.3, 0.4) is 0 Å². The third kappa shape index (κ3) is 3.29. The average Bonchev–Trinajstić information content (AvgIpc) is 2.96. The highest BCUT2D eigenvalue weighted by atomic mass is 32.2. The summed E-state index contributed by atoms with van der Waals surface area (Å²) in [7, 11) is 0. The summed E-state index contributed by atoms with van der Waals surface area (Å²) in [6.07, 6.45) is 6.73. The van der Waals surface area contributed by atoms with Crippen LogP contribution in [0.2, 0.25) is 0 Å². The lowest BCUT2D eigenvalue weighted by Crippen LogP contribution is -2.39. The van der Waals surface area contributed by atoms with Gasteiger partial charge in [0, 0.05) is 17.7 Å². The van der Waals surface area contributed by atoms with Crippen LogP contribution in [-0.2, 0) is 6.42 Å². The smallest absolute Gasteiger partial charge is 0.105 e. The predicted octanol–water partition coefficient (Wildman–Crippen LogP) is 3.09. The third-order valence-electron chi connectivity index (χ3n) is 3.07. The highest BCUT2D eigenvalue weighted by molar-refractivity contribution is 8.00. The molecule has 0 aromatic carbocycles. The van der Waals surface area contributed by atoms with Crippen molar-refractivity contribution in [3.63, 3.8) is 0 Å². The first kappa shape index (κ1) is 12.1. The largest absolute Gasteiger partial charge is 0.469 e. The van der Waals surface area contributed by atoms with Gasteiger partial charge in [0.05, 0.1) is 6.26 Å². The Hall–Kier alpha value is -0.410. The van der Waals surface area contributed by atoms with E-state index in [-0.39, 0.29) is 0 Å². The van der Waals surface area contributed by atoms with Crippen LogP contribution in [0.15, 0.2) is 22.8 Å². The fourth-order valence-corrected chi connectivity index (χ4v) is 3.62. The van der Waals surface area contributed by atoms with E-state index in [0.717, 1.165) is 24.0 Å². The summed E-state index contributed by atoms with van der Waals surface area (Å²) >= 11 is 2.12. The minimum Gasteiger partial charge on any atom is -0.469 e. The summed E-state index contributed by atoms with van der Waals surface area (Å²) in [5, 5.41) is 4.44. The van der Waals surface area contributed by atoms with Gasteiger partial charge >= 0.3 is 0 Å². The summed E-state index contributed by atoms with van der Waals surface area (Å²) in [5.41, 5.74) is 0. The molecule has 0 amide bonds. The van der Waals surface area contributed by atoms with E-state index in [1.807, 2.05) is 6.07 Å². The molecule has 0 spiro atoms. The Morgan fingerprint density at radius 1 is 1.62 bits per heavy atom. The third-order valence-corrected chi connectivity index (χ3v) is 4.59. The Bertz CT molecular complexity index is 280. The van der Waals surface area contributed by atoms with E-state index in [1.54, 1.807) is 6.26 Å². The van der Waals surface area contributed by atoms with Gasteiger partial charge in [0.15, 0.2) is 0 Å². The maximum Gasteiger partial charge on any atom is 0.105 e. The van der Waals surface area contributed by atoms with Crippen molar-refractivity contribution in [3.8, 4) is 0 Å². The second-order valence-electron chi connectivity index (χ2n) is 4.40. The second-order valence-corrected chi connectivity index (χ2v) is 5.74. The summed E-state index contributed by atoms with van der Waals surface area (Å²) in [6, 6.07) is 4.65. The van der Waals surface area contributed by atoms with Crippen molar-refractivity contribution < 1.29 is 4.42 Å². The quantitative estimate of drug-likeness (QED) is 0.826. The molecule has 0 bridgehead atoms. The summed E-state index contributed by atoms with van der Waals surface area (Å²) in [6.45, 7) is 3.33. The van der Waals surface area contributed by atoms with Crippen LogP contribution in [0.4, 0.5) is 0 Å².